The lowest BCUT2D eigenvalue weighted by molar-refractivity contribution is 0.894. The maximum Gasteiger partial charge on any atom is 0.182 e. The number of hydrogen-bond acceptors (Lipinski definition) is 5. The summed E-state index contributed by atoms with van der Waals surface area (Å²) >= 11 is 5.92. The van der Waals surface area contributed by atoms with Crippen molar-refractivity contribution in [1.29, 1.82) is 5.26 Å². The van der Waals surface area contributed by atoms with E-state index in [1.165, 1.54) is 6.20 Å². The van der Waals surface area contributed by atoms with Gasteiger partial charge in [-0.15, -0.1) is 0 Å². The number of pyridine rings is 1. The Labute approximate surface area is 148 Å². The molecule has 6 nitrogen and oxygen atoms in total. The molecule has 0 bridgehead atoms. The van der Waals surface area contributed by atoms with E-state index in [0.717, 1.165) is 11.1 Å². The van der Waals surface area contributed by atoms with Gasteiger partial charge in [0.15, 0.2) is 11.5 Å². The molecule has 0 radical (unpaired) electrons. The number of fused-ring (bicyclic) bond motifs is 1. The first-order chi connectivity index (χ1) is 12.2. The van der Waals surface area contributed by atoms with Crippen molar-refractivity contribution in [1.82, 2.24) is 24.6 Å². The van der Waals surface area contributed by atoms with Gasteiger partial charge >= 0.3 is 0 Å². The minimum atomic E-state index is 0.474. The third kappa shape index (κ3) is 3.05. The number of benzene rings is 1. The second-order valence-corrected chi connectivity index (χ2v) is 5.89. The lowest BCUT2D eigenvalue weighted by Crippen LogP contribution is -1.94. The molecule has 1 aromatic carbocycles. The molecular formula is C18H11ClN6. The van der Waals surface area contributed by atoms with E-state index >= 15 is 0 Å². The van der Waals surface area contributed by atoms with Crippen molar-refractivity contribution in [2.24, 2.45) is 0 Å². The molecule has 0 aliphatic rings. The third-order valence-corrected chi connectivity index (χ3v) is 3.97. The average molecular weight is 347 g/mol. The van der Waals surface area contributed by atoms with Gasteiger partial charge in [-0.2, -0.15) is 10.4 Å². The fourth-order valence-electron chi connectivity index (χ4n) is 2.56. The van der Waals surface area contributed by atoms with Crippen LogP contribution < -0.4 is 0 Å². The zero-order valence-electron chi connectivity index (χ0n) is 13.0. The highest BCUT2D eigenvalue weighted by Gasteiger charge is 2.12. The van der Waals surface area contributed by atoms with Gasteiger partial charge in [-0.05, 0) is 23.8 Å². The van der Waals surface area contributed by atoms with Crippen LogP contribution in [0.1, 0.15) is 17.0 Å². The van der Waals surface area contributed by atoms with Crippen molar-refractivity contribution in [3.63, 3.8) is 0 Å². The summed E-state index contributed by atoms with van der Waals surface area (Å²) in [4.78, 5) is 13.1. The number of nitriles is 1. The predicted molar refractivity (Wildman–Crippen MR) is 93.0 cm³/mol. The Hall–Kier alpha value is -3.30. The minimum Gasteiger partial charge on any atom is -0.263 e. The van der Waals surface area contributed by atoms with Crippen molar-refractivity contribution in [2.45, 2.75) is 6.42 Å². The van der Waals surface area contributed by atoms with E-state index in [1.54, 1.807) is 29.2 Å². The molecule has 0 aliphatic heterocycles. The predicted octanol–water partition coefficient (Wildman–Crippen LogP) is 3.30. The molecule has 0 saturated heterocycles. The second-order valence-electron chi connectivity index (χ2n) is 5.45. The van der Waals surface area contributed by atoms with Crippen LogP contribution in [-0.2, 0) is 6.42 Å². The van der Waals surface area contributed by atoms with Crippen LogP contribution in [0.2, 0.25) is 5.02 Å². The van der Waals surface area contributed by atoms with Crippen LogP contribution in [0.5, 0.6) is 0 Å². The van der Waals surface area contributed by atoms with Gasteiger partial charge in [-0.3, -0.25) is 9.97 Å². The maximum atomic E-state index is 9.06. The Kier molecular flexibility index (Phi) is 3.84. The van der Waals surface area contributed by atoms with Gasteiger partial charge < -0.3 is 0 Å². The normalized spacial score (nSPS) is 10.7. The van der Waals surface area contributed by atoms with Crippen LogP contribution in [0, 0.1) is 11.3 Å². The smallest absolute Gasteiger partial charge is 0.182 e. The third-order valence-electron chi connectivity index (χ3n) is 3.71. The van der Waals surface area contributed by atoms with Crippen molar-refractivity contribution in [3.8, 4) is 17.3 Å². The zero-order chi connectivity index (χ0) is 17.2. The van der Waals surface area contributed by atoms with E-state index in [-0.39, 0.29) is 0 Å². The molecule has 0 unspecified atom stereocenters. The summed E-state index contributed by atoms with van der Waals surface area (Å²) in [6.45, 7) is 0. The van der Waals surface area contributed by atoms with Crippen LogP contribution >= 0.6 is 11.6 Å². The first kappa shape index (κ1) is 15.2. The average Bonchev–Trinajstić information content (AvgIpc) is 3.06. The van der Waals surface area contributed by atoms with E-state index < -0.39 is 0 Å². The molecule has 0 spiro atoms. The van der Waals surface area contributed by atoms with Gasteiger partial charge in [0.05, 0.1) is 5.56 Å². The van der Waals surface area contributed by atoms with Gasteiger partial charge in [0.2, 0.25) is 0 Å². The van der Waals surface area contributed by atoms with Crippen molar-refractivity contribution in [2.75, 3.05) is 0 Å². The summed E-state index contributed by atoms with van der Waals surface area (Å²) in [5.41, 5.74) is 3.55. The molecule has 3 aromatic heterocycles. The highest BCUT2D eigenvalue weighted by molar-refractivity contribution is 6.30. The molecule has 4 rings (SSSR count). The Morgan fingerprint density at radius 3 is 2.80 bits per heavy atom. The second kappa shape index (κ2) is 6.30. The number of aromatic nitrogens is 5. The molecule has 0 fully saturated rings. The SMILES string of the molecule is N#Cc1cncc(-c2nccn3nc(Cc4ccc(Cl)cc4)nc23)c1. The minimum absolute atomic E-state index is 0.474. The van der Waals surface area contributed by atoms with E-state index in [9.17, 15) is 0 Å². The zero-order valence-corrected chi connectivity index (χ0v) is 13.7. The summed E-state index contributed by atoms with van der Waals surface area (Å²) < 4.78 is 1.69. The molecular weight excluding hydrogens is 336 g/mol. The Morgan fingerprint density at radius 1 is 1.16 bits per heavy atom. The fourth-order valence-corrected chi connectivity index (χ4v) is 2.68. The van der Waals surface area contributed by atoms with E-state index in [4.69, 9.17) is 16.9 Å². The van der Waals surface area contributed by atoms with Crippen LogP contribution in [0.25, 0.3) is 16.9 Å². The molecule has 0 atom stereocenters. The largest absolute Gasteiger partial charge is 0.263 e. The summed E-state index contributed by atoms with van der Waals surface area (Å²) in [6.07, 6.45) is 7.17. The number of hydrogen-bond donors (Lipinski definition) is 0. The van der Waals surface area contributed by atoms with Crippen molar-refractivity contribution in [3.05, 3.63) is 77.1 Å². The van der Waals surface area contributed by atoms with Gasteiger partial charge in [-0.25, -0.2) is 9.50 Å². The first-order valence-corrected chi connectivity index (χ1v) is 7.91. The summed E-state index contributed by atoms with van der Waals surface area (Å²) in [5.74, 6) is 0.681. The highest BCUT2D eigenvalue weighted by Crippen LogP contribution is 2.21. The quantitative estimate of drug-likeness (QED) is 0.568. The molecule has 0 N–H and O–H groups in total. The highest BCUT2D eigenvalue weighted by atomic mass is 35.5. The van der Waals surface area contributed by atoms with Gasteiger partial charge in [0, 0.05) is 41.8 Å². The standard InChI is InChI=1S/C18H11ClN6/c19-15-3-1-12(2-4-15)8-16-23-18-17(22-5-6-25(18)24-16)14-7-13(9-20)10-21-11-14/h1-7,10-11H,8H2. The molecule has 7 heteroatoms. The molecule has 0 amide bonds. The molecule has 120 valence electrons. The van der Waals surface area contributed by atoms with Crippen LogP contribution in [-0.4, -0.2) is 24.6 Å². The van der Waals surface area contributed by atoms with E-state index in [1.807, 2.05) is 24.3 Å². The van der Waals surface area contributed by atoms with Crippen LogP contribution in [0.15, 0.2) is 55.1 Å². The molecule has 25 heavy (non-hydrogen) atoms. The lowest BCUT2D eigenvalue weighted by atomic mass is 10.1. The Balaban J connectivity index is 1.76. The van der Waals surface area contributed by atoms with Gasteiger partial charge in [0.25, 0.3) is 0 Å². The Morgan fingerprint density at radius 2 is 2.00 bits per heavy atom. The number of nitrogens with zero attached hydrogens (tertiary/aromatic N) is 6. The molecule has 3 heterocycles. The molecule has 4 aromatic rings. The summed E-state index contributed by atoms with van der Waals surface area (Å²) in [5, 5.41) is 14.3. The summed E-state index contributed by atoms with van der Waals surface area (Å²) in [7, 11) is 0. The van der Waals surface area contributed by atoms with Crippen LogP contribution in [0.3, 0.4) is 0 Å². The van der Waals surface area contributed by atoms with E-state index in [0.29, 0.717) is 34.2 Å². The summed E-state index contributed by atoms with van der Waals surface area (Å²) in [6, 6.07) is 11.4. The molecule has 0 aliphatic carbocycles. The monoisotopic (exact) mass is 346 g/mol. The topological polar surface area (TPSA) is 79.8 Å². The van der Waals surface area contributed by atoms with Gasteiger partial charge in [-0.1, -0.05) is 23.7 Å². The molecule has 0 saturated carbocycles. The Bertz CT molecular complexity index is 1090. The maximum absolute atomic E-state index is 9.06. The van der Waals surface area contributed by atoms with E-state index in [2.05, 4.69) is 26.1 Å². The fraction of sp³-hybridized carbons (Fsp3) is 0.0556. The lowest BCUT2D eigenvalue weighted by Gasteiger charge is -2.01. The van der Waals surface area contributed by atoms with Crippen molar-refractivity contribution >= 4 is 17.2 Å². The van der Waals surface area contributed by atoms with Crippen LogP contribution in [0.4, 0.5) is 0 Å². The van der Waals surface area contributed by atoms with Crippen molar-refractivity contribution < 1.29 is 0 Å². The van der Waals surface area contributed by atoms with Gasteiger partial charge in [0.1, 0.15) is 11.8 Å². The number of halogens is 1. The number of rotatable bonds is 3. The first-order valence-electron chi connectivity index (χ1n) is 7.53.